The molecule has 112 valence electrons. The van der Waals surface area contributed by atoms with Crippen LogP contribution in [-0.2, 0) is 14.8 Å². The molecule has 0 atom stereocenters. The van der Waals surface area contributed by atoms with Crippen molar-refractivity contribution >= 4 is 21.6 Å². The Morgan fingerprint density at radius 3 is 2.50 bits per heavy atom. The molecule has 1 fully saturated rings. The molecule has 0 amide bonds. The van der Waals surface area contributed by atoms with E-state index in [0.717, 1.165) is 0 Å². The van der Waals surface area contributed by atoms with Crippen LogP contribution in [0.15, 0.2) is 17.3 Å². The molecule has 20 heavy (non-hydrogen) atoms. The average molecular weight is 322 g/mol. The van der Waals surface area contributed by atoms with Gasteiger partial charge in [0.15, 0.2) is 0 Å². The average Bonchev–Trinajstić information content (AvgIpc) is 2.46. The second-order valence-electron chi connectivity index (χ2n) is 4.39. The van der Waals surface area contributed by atoms with Crippen molar-refractivity contribution in [3.8, 4) is 0 Å². The molecular weight excluding hydrogens is 306 g/mol. The van der Waals surface area contributed by atoms with Crippen molar-refractivity contribution in [2.45, 2.75) is 23.8 Å². The molecule has 9 heteroatoms. The molecule has 1 aliphatic heterocycles. The van der Waals surface area contributed by atoms with Crippen LogP contribution in [0.25, 0.3) is 0 Å². The van der Waals surface area contributed by atoms with E-state index in [4.69, 9.17) is 21.4 Å². The summed E-state index contributed by atoms with van der Waals surface area (Å²) in [5.74, 6) is 0. The standard InChI is InChI=1S/C11H16ClN3O4S/c12-11-13-7-10(8-14-11)20(17,18)15-3-1-9(2-4-15)19-6-5-16/h7-9,16H,1-6H2. The van der Waals surface area contributed by atoms with Gasteiger partial charge in [-0.2, -0.15) is 4.31 Å². The second-order valence-corrected chi connectivity index (χ2v) is 6.66. The summed E-state index contributed by atoms with van der Waals surface area (Å²) in [4.78, 5) is 7.42. The molecule has 1 aromatic heterocycles. The normalized spacial score (nSPS) is 18.3. The maximum absolute atomic E-state index is 12.3. The van der Waals surface area contributed by atoms with Crippen molar-refractivity contribution in [1.29, 1.82) is 0 Å². The van der Waals surface area contributed by atoms with E-state index < -0.39 is 10.0 Å². The quantitative estimate of drug-likeness (QED) is 0.784. The monoisotopic (exact) mass is 321 g/mol. The second kappa shape index (κ2) is 6.77. The Labute approximate surface area is 122 Å². The summed E-state index contributed by atoms with van der Waals surface area (Å²) in [5.41, 5.74) is 0. The van der Waals surface area contributed by atoms with Gasteiger partial charge in [-0.3, -0.25) is 0 Å². The van der Waals surface area contributed by atoms with Crippen LogP contribution in [0.1, 0.15) is 12.8 Å². The van der Waals surface area contributed by atoms with Gasteiger partial charge in [0, 0.05) is 13.1 Å². The van der Waals surface area contributed by atoms with Crippen LogP contribution >= 0.6 is 11.6 Å². The third-order valence-electron chi connectivity index (χ3n) is 3.08. The van der Waals surface area contributed by atoms with E-state index in [0.29, 0.717) is 25.9 Å². The van der Waals surface area contributed by atoms with E-state index in [9.17, 15) is 8.42 Å². The van der Waals surface area contributed by atoms with E-state index in [2.05, 4.69) is 9.97 Å². The van der Waals surface area contributed by atoms with E-state index in [1.807, 2.05) is 0 Å². The SMILES string of the molecule is O=S(=O)(c1cnc(Cl)nc1)N1CCC(OCCO)CC1. The van der Waals surface area contributed by atoms with Gasteiger partial charge in [0.05, 0.1) is 31.7 Å². The molecule has 1 aromatic rings. The highest BCUT2D eigenvalue weighted by atomic mass is 35.5. The van der Waals surface area contributed by atoms with Gasteiger partial charge in [-0.05, 0) is 24.4 Å². The lowest BCUT2D eigenvalue weighted by Gasteiger charge is -2.30. The molecule has 2 heterocycles. The van der Waals surface area contributed by atoms with Gasteiger partial charge in [0.1, 0.15) is 4.90 Å². The molecular formula is C11H16ClN3O4S. The molecule has 1 aliphatic rings. The summed E-state index contributed by atoms with van der Waals surface area (Å²) in [5, 5.41) is 8.71. The summed E-state index contributed by atoms with van der Waals surface area (Å²) >= 11 is 5.55. The highest BCUT2D eigenvalue weighted by Gasteiger charge is 2.30. The number of aliphatic hydroxyl groups is 1. The largest absolute Gasteiger partial charge is 0.394 e. The molecule has 0 radical (unpaired) electrons. The minimum atomic E-state index is -3.58. The number of halogens is 1. The summed E-state index contributed by atoms with van der Waals surface area (Å²) in [6, 6.07) is 0. The van der Waals surface area contributed by atoms with Crippen LogP contribution in [0.4, 0.5) is 0 Å². The fourth-order valence-corrected chi connectivity index (χ4v) is 3.50. The molecule has 7 nitrogen and oxygen atoms in total. The number of rotatable bonds is 5. The summed E-state index contributed by atoms with van der Waals surface area (Å²) in [6.45, 7) is 1.01. The van der Waals surface area contributed by atoms with Gasteiger partial charge in [0.25, 0.3) is 0 Å². The zero-order valence-electron chi connectivity index (χ0n) is 10.8. The minimum Gasteiger partial charge on any atom is -0.394 e. The number of nitrogens with zero attached hydrogens (tertiary/aromatic N) is 3. The number of piperidine rings is 1. The van der Waals surface area contributed by atoms with Crippen LogP contribution in [0, 0.1) is 0 Å². The topological polar surface area (TPSA) is 92.6 Å². The Kier molecular flexibility index (Phi) is 5.28. The van der Waals surface area contributed by atoms with Crippen LogP contribution in [0.3, 0.4) is 0 Å². The Morgan fingerprint density at radius 2 is 1.95 bits per heavy atom. The van der Waals surface area contributed by atoms with E-state index in [1.54, 1.807) is 0 Å². The zero-order valence-corrected chi connectivity index (χ0v) is 12.3. The Balaban J connectivity index is 2.00. The van der Waals surface area contributed by atoms with Crippen LogP contribution in [-0.4, -0.2) is 60.2 Å². The summed E-state index contributed by atoms with van der Waals surface area (Å²) in [7, 11) is -3.58. The van der Waals surface area contributed by atoms with Gasteiger partial charge in [-0.15, -0.1) is 0 Å². The molecule has 0 aromatic carbocycles. The molecule has 0 aliphatic carbocycles. The Bertz CT molecular complexity index is 529. The number of ether oxygens (including phenoxy) is 1. The first-order chi connectivity index (χ1) is 9.54. The number of aliphatic hydroxyl groups excluding tert-OH is 1. The van der Waals surface area contributed by atoms with Crippen LogP contribution in [0.5, 0.6) is 0 Å². The molecule has 0 saturated carbocycles. The van der Waals surface area contributed by atoms with Crippen molar-refractivity contribution < 1.29 is 18.3 Å². The molecule has 1 saturated heterocycles. The van der Waals surface area contributed by atoms with Gasteiger partial charge in [-0.1, -0.05) is 0 Å². The predicted molar refractivity (Wildman–Crippen MR) is 71.9 cm³/mol. The Morgan fingerprint density at radius 1 is 1.35 bits per heavy atom. The van der Waals surface area contributed by atoms with Crippen molar-refractivity contribution in [2.24, 2.45) is 0 Å². The van der Waals surface area contributed by atoms with Crippen molar-refractivity contribution in [3.05, 3.63) is 17.7 Å². The van der Waals surface area contributed by atoms with Crippen molar-refractivity contribution in [1.82, 2.24) is 14.3 Å². The lowest BCUT2D eigenvalue weighted by Crippen LogP contribution is -2.41. The predicted octanol–water partition coefficient (Wildman–Crippen LogP) is 0.292. The third-order valence-corrected chi connectivity index (χ3v) is 5.13. The lowest BCUT2D eigenvalue weighted by molar-refractivity contribution is 0.00318. The first-order valence-corrected chi connectivity index (χ1v) is 8.06. The van der Waals surface area contributed by atoms with E-state index in [-0.39, 0.29) is 29.5 Å². The van der Waals surface area contributed by atoms with Crippen molar-refractivity contribution in [3.63, 3.8) is 0 Å². The van der Waals surface area contributed by atoms with E-state index >= 15 is 0 Å². The number of hydrogen-bond acceptors (Lipinski definition) is 6. The van der Waals surface area contributed by atoms with Gasteiger partial charge >= 0.3 is 0 Å². The van der Waals surface area contributed by atoms with Crippen LogP contribution in [0.2, 0.25) is 5.28 Å². The lowest BCUT2D eigenvalue weighted by atomic mass is 10.1. The maximum atomic E-state index is 12.3. The fraction of sp³-hybridized carbons (Fsp3) is 0.636. The summed E-state index contributed by atoms with van der Waals surface area (Å²) in [6.07, 6.45) is 3.62. The third kappa shape index (κ3) is 3.64. The first kappa shape index (κ1) is 15.6. The number of aromatic nitrogens is 2. The number of hydrogen-bond donors (Lipinski definition) is 1. The maximum Gasteiger partial charge on any atom is 0.246 e. The number of sulfonamides is 1. The zero-order chi connectivity index (χ0) is 14.6. The highest BCUT2D eigenvalue weighted by molar-refractivity contribution is 7.89. The van der Waals surface area contributed by atoms with Crippen LogP contribution < -0.4 is 0 Å². The molecule has 0 spiro atoms. The van der Waals surface area contributed by atoms with Gasteiger partial charge in [0.2, 0.25) is 15.3 Å². The highest BCUT2D eigenvalue weighted by Crippen LogP contribution is 2.21. The molecule has 0 unspecified atom stereocenters. The summed E-state index contributed by atoms with van der Waals surface area (Å²) < 4.78 is 31.5. The molecule has 2 rings (SSSR count). The smallest absolute Gasteiger partial charge is 0.246 e. The first-order valence-electron chi connectivity index (χ1n) is 6.24. The van der Waals surface area contributed by atoms with Crippen molar-refractivity contribution in [2.75, 3.05) is 26.3 Å². The minimum absolute atomic E-state index is 0.00457. The molecule has 1 N–H and O–H groups in total. The molecule has 0 bridgehead atoms. The van der Waals surface area contributed by atoms with E-state index in [1.165, 1.54) is 16.7 Å². The fourth-order valence-electron chi connectivity index (χ4n) is 2.04. The van der Waals surface area contributed by atoms with Gasteiger partial charge in [-0.25, -0.2) is 18.4 Å². The van der Waals surface area contributed by atoms with Gasteiger partial charge < -0.3 is 9.84 Å². The Hall–Kier alpha value is -0.800.